The molecule has 1 unspecified atom stereocenters. The maximum Gasteiger partial charge on any atom is 0.261 e. The molecule has 1 N–H and O–H groups in total. The highest BCUT2D eigenvalue weighted by atomic mass is 35.5. The van der Waals surface area contributed by atoms with Crippen LogP contribution in [0, 0.1) is 0 Å². The molecule has 2 rings (SSSR count). The quantitative estimate of drug-likeness (QED) is 0.658. The number of benzene rings is 1. The van der Waals surface area contributed by atoms with E-state index in [2.05, 4.69) is 0 Å². The fraction of sp³-hybridized carbons (Fsp3) is 0.429. The smallest absolute Gasteiger partial charge is 0.261 e. The molecule has 0 bridgehead atoms. The molecule has 20 heavy (non-hydrogen) atoms. The molecule has 5 nitrogen and oxygen atoms in total. The van der Waals surface area contributed by atoms with Gasteiger partial charge in [-0.05, 0) is 25.1 Å². The Morgan fingerprint density at radius 3 is 2.55 bits per heavy atom. The Hall–Kier alpha value is -1.59. The van der Waals surface area contributed by atoms with Gasteiger partial charge < -0.3 is 10.0 Å². The van der Waals surface area contributed by atoms with Gasteiger partial charge in [0.2, 0.25) is 0 Å². The second-order valence-corrected chi connectivity index (χ2v) is 5.05. The number of alkyl halides is 1. The van der Waals surface area contributed by atoms with Crippen LogP contribution in [0.5, 0.6) is 0 Å². The summed E-state index contributed by atoms with van der Waals surface area (Å²) in [5.74, 6) is -0.414. The fourth-order valence-corrected chi connectivity index (χ4v) is 2.36. The molecule has 0 radical (unpaired) electrons. The van der Waals surface area contributed by atoms with Gasteiger partial charge in [0.15, 0.2) is 0 Å². The number of nitrogens with zero attached hydrogens (tertiary/aromatic N) is 2. The van der Waals surface area contributed by atoms with Crippen molar-refractivity contribution in [2.75, 3.05) is 30.9 Å². The molecule has 2 amide bonds. The summed E-state index contributed by atoms with van der Waals surface area (Å²) >= 11 is 5.61. The first-order valence-corrected chi connectivity index (χ1v) is 6.98. The number of aliphatic hydroxyl groups is 1. The number of fused-ring (bicyclic) bond motifs is 1. The summed E-state index contributed by atoms with van der Waals surface area (Å²) in [4.78, 5) is 26.8. The molecule has 1 heterocycles. The van der Waals surface area contributed by atoms with Gasteiger partial charge in [-0.2, -0.15) is 0 Å². The highest BCUT2D eigenvalue weighted by molar-refractivity contribution is 6.21. The number of carbonyl (C=O) groups is 2. The number of hydrogen-bond donors (Lipinski definition) is 1. The summed E-state index contributed by atoms with van der Waals surface area (Å²) in [5.41, 5.74) is 1.64. The third-order valence-corrected chi connectivity index (χ3v) is 3.79. The summed E-state index contributed by atoms with van der Waals surface area (Å²) in [5, 5.41) is 9.65. The molecule has 1 aromatic rings. The number of halogens is 1. The van der Waals surface area contributed by atoms with Gasteiger partial charge in [-0.25, -0.2) is 0 Å². The monoisotopic (exact) mass is 296 g/mol. The van der Waals surface area contributed by atoms with Gasteiger partial charge in [-0.3, -0.25) is 14.5 Å². The van der Waals surface area contributed by atoms with E-state index >= 15 is 0 Å². The largest absolute Gasteiger partial charge is 0.390 e. The van der Waals surface area contributed by atoms with Crippen LogP contribution in [0.2, 0.25) is 0 Å². The first-order chi connectivity index (χ1) is 9.49. The predicted octanol–water partition coefficient (Wildman–Crippen LogP) is 1.34. The number of amides is 2. The van der Waals surface area contributed by atoms with E-state index in [1.807, 2.05) is 11.8 Å². The fourth-order valence-electron chi connectivity index (χ4n) is 2.27. The van der Waals surface area contributed by atoms with Gasteiger partial charge in [-0.1, -0.05) is 0 Å². The zero-order valence-electron chi connectivity index (χ0n) is 11.5. The third-order valence-electron chi connectivity index (χ3n) is 3.43. The van der Waals surface area contributed by atoms with E-state index in [1.165, 1.54) is 7.05 Å². The van der Waals surface area contributed by atoms with Crippen molar-refractivity contribution in [1.29, 1.82) is 0 Å². The summed E-state index contributed by atoms with van der Waals surface area (Å²) in [6.07, 6.45) is -0.634. The van der Waals surface area contributed by atoms with E-state index in [-0.39, 0.29) is 17.7 Å². The van der Waals surface area contributed by atoms with Crippen LogP contribution >= 0.6 is 11.6 Å². The first-order valence-electron chi connectivity index (χ1n) is 6.45. The van der Waals surface area contributed by atoms with Gasteiger partial charge in [0.05, 0.1) is 23.1 Å². The van der Waals surface area contributed by atoms with Gasteiger partial charge in [0, 0.05) is 25.8 Å². The van der Waals surface area contributed by atoms with Crippen LogP contribution in [-0.4, -0.2) is 53.9 Å². The Labute approximate surface area is 122 Å². The van der Waals surface area contributed by atoms with E-state index in [0.717, 1.165) is 10.6 Å². The standard InChI is InChI=1S/C14H17ClN2O3/c1-3-17(8-10(18)7-15)9-4-5-11-12(6-9)14(20)16(2)13(11)19/h4-6,10,18H,3,7-8H2,1-2H3. The summed E-state index contributed by atoms with van der Waals surface area (Å²) in [7, 11) is 1.47. The molecule has 1 aliphatic heterocycles. The lowest BCUT2D eigenvalue weighted by atomic mass is 10.1. The highest BCUT2D eigenvalue weighted by Crippen LogP contribution is 2.26. The van der Waals surface area contributed by atoms with Crippen molar-refractivity contribution >= 4 is 29.1 Å². The van der Waals surface area contributed by atoms with E-state index in [0.29, 0.717) is 24.2 Å². The third kappa shape index (κ3) is 2.51. The summed E-state index contributed by atoms with van der Waals surface area (Å²) in [6, 6.07) is 5.14. The Kier molecular flexibility index (Phi) is 4.30. The van der Waals surface area contributed by atoms with Gasteiger partial charge in [-0.15, -0.1) is 11.6 Å². The van der Waals surface area contributed by atoms with Gasteiger partial charge in [0.25, 0.3) is 11.8 Å². The van der Waals surface area contributed by atoms with Crippen molar-refractivity contribution in [1.82, 2.24) is 4.90 Å². The molecule has 0 aromatic heterocycles. The zero-order chi connectivity index (χ0) is 14.9. The number of likely N-dealkylation sites (N-methyl/N-ethyl adjacent to an activating group) is 1. The average Bonchev–Trinajstić information content (AvgIpc) is 2.69. The highest BCUT2D eigenvalue weighted by Gasteiger charge is 2.33. The van der Waals surface area contributed by atoms with E-state index in [1.54, 1.807) is 18.2 Å². The number of imide groups is 1. The lowest BCUT2D eigenvalue weighted by Crippen LogP contribution is -2.33. The molecule has 0 saturated heterocycles. The van der Waals surface area contributed by atoms with Gasteiger partial charge >= 0.3 is 0 Å². The van der Waals surface area contributed by atoms with Crippen LogP contribution in [0.4, 0.5) is 5.69 Å². The molecule has 0 spiro atoms. The SMILES string of the molecule is CCN(CC(O)CCl)c1ccc2c(c1)C(=O)N(C)C2=O. The van der Waals surface area contributed by atoms with Crippen LogP contribution < -0.4 is 4.90 Å². The number of anilines is 1. The Bertz CT molecular complexity index is 547. The zero-order valence-corrected chi connectivity index (χ0v) is 12.2. The van der Waals surface area contributed by atoms with Crippen molar-refractivity contribution in [3.05, 3.63) is 29.3 Å². The maximum absolute atomic E-state index is 12.0. The average molecular weight is 297 g/mol. The van der Waals surface area contributed by atoms with Crippen LogP contribution in [0.3, 0.4) is 0 Å². The van der Waals surface area contributed by atoms with E-state index in [4.69, 9.17) is 11.6 Å². The Morgan fingerprint density at radius 2 is 1.95 bits per heavy atom. The second kappa shape index (κ2) is 5.81. The summed E-state index contributed by atoms with van der Waals surface area (Å²) in [6.45, 7) is 3.01. The minimum absolute atomic E-state index is 0.154. The van der Waals surface area contributed by atoms with Crippen LogP contribution in [0.15, 0.2) is 18.2 Å². The number of hydrogen-bond acceptors (Lipinski definition) is 4. The van der Waals surface area contributed by atoms with Crippen molar-refractivity contribution in [2.45, 2.75) is 13.0 Å². The van der Waals surface area contributed by atoms with Crippen LogP contribution in [0.25, 0.3) is 0 Å². The normalized spacial score (nSPS) is 15.5. The van der Waals surface area contributed by atoms with Crippen LogP contribution in [-0.2, 0) is 0 Å². The number of carbonyl (C=O) groups excluding carboxylic acids is 2. The molecule has 6 heteroatoms. The van der Waals surface area contributed by atoms with E-state index < -0.39 is 6.10 Å². The molecule has 0 fully saturated rings. The molecule has 1 aliphatic rings. The number of aliphatic hydroxyl groups excluding tert-OH is 1. The van der Waals surface area contributed by atoms with Crippen molar-refractivity contribution in [3.63, 3.8) is 0 Å². The minimum atomic E-state index is -0.634. The van der Waals surface area contributed by atoms with Gasteiger partial charge in [0.1, 0.15) is 0 Å². The maximum atomic E-state index is 12.0. The second-order valence-electron chi connectivity index (χ2n) is 4.75. The molecule has 0 saturated carbocycles. The predicted molar refractivity (Wildman–Crippen MR) is 77.5 cm³/mol. The van der Waals surface area contributed by atoms with Crippen molar-refractivity contribution in [3.8, 4) is 0 Å². The van der Waals surface area contributed by atoms with Crippen molar-refractivity contribution < 1.29 is 14.7 Å². The molecule has 1 aromatic carbocycles. The molecule has 108 valence electrons. The van der Waals surface area contributed by atoms with Crippen LogP contribution in [0.1, 0.15) is 27.6 Å². The summed E-state index contributed by atoms with van der Waals surface area (Å²) < 4.78 is 0. The van der Waals surface area contributed by atoms with Crippen molar-refractivity contribution in [2.24, 2.45) is 0 Å². The minimum Gasteiger partial charge on any atom is -0.390 e. The lowest BCUT2D eigenvalue weighted by molar-refractivity contribution is 0.0693. The molecular weight excluding hydrogens is 280 g/mol. The molecular formula is C14H17ClN2O3. The Morgan fingerprint density at radius 1 is 1.30 bits per heavy atom. The first kappa shape index (κ1) is 14.8. The lowest BCUT2D eigenvalue weighted by Gasteiger charge is -2.25. The molecule has 1 atom stereocenters. The van der Waals surface area contributed by atoms with E-state index in [9.17, 15) is 14.7 Å². The Balaban J connectivity index is 2.32. The molecule has 0 aliphatic carbocycles. The number of rotatable bonds is 5. The topological polar surface area (TPSA) is 60.9 Å².